The molecular weight excluding hydrogens is 274 g/mol. The fourth-order valence-electron chi connectivity index (χ4n) is 3.14. The Morgan fingerprint density at radius 1 is 1.20 bits per heavy atom. The van der Waals surface area contributed by atoms with E-state index in [0.29, 0.717) is 13.1 Å². The first-order valence-electron chi connectivity index (χ1n) is 7.05. The predicted molar refractivity (Wildman–Crippen MR) is 81.8 cm³/mol. The summed E-state index contributed by atoms with van der Waals surface area (Å²) < 4.78 is 0. The summed E-state index contributed by atoms with van der Waals surface area (Å²) in [4.78, 5) is 14.2. The van der Waals surface area contributed by atoms with Gasteiger partial charge >= 0.3 is 0 Å². The predicted octanol–water partition coefficient (Wildman–Crippen LogP) is 0.876. The molecule has 1 amide bonds. The molecular formula is C15H22ClN3O. The Labute approximate surface area is 126 Å². The number of carbonyl (C=O) groups excluding carboxylic acids is 1. The Morgan fingerprint density at radius 3 is 2.50 bits per heavy atom. The lowest BCUT2D eigenvalue weighted by Gasteiger charge is -2.16. The summed E-state index contributed by atoms with van der Waals surface area (Å²) in [6.07, 6.45) is 0. The molecule has 0 bridgehead atoms. The molecule has 0 aromatic heterocycles. The fraction of sp³-hybridized carbons (Fsp3) is 0.533. The normalized spacial score (nSPS) is 25.0. The van der Waals surface area contributed by atoms with E-state index < -0.39 is 0 Å². The van der Waals surface area contributed by atoms with Crippen LogP contribution in [0.15, 0.2) is 30.3 Å². The van der Waals surface area contributed by atoms with Crippen LogP contribution < -0.4 is 10.6 Å². The summed E-state index contributed by atoms with van der Waals surface area (Å²) in [5.41, 5.74) is 1.15. The Morgan fingerprint density at radius 2 is 1.85 bits per heavy atom. The van der Waals surface area contributed by atoms with Gasteiger partial charge in [-0.1, -0.05) is 30.3 Å². The van der Waals surface area contributed by atoms with Gasteiger partial charge in [-0.25, -0.2) is 0 Å². The number of carbonyl (C=O) groups is 1. The Bertz CT molecular complexity index is 428. The summed E-state index contributed by atoms with van der Waals surface area (Å²) in [5.74, 6) is 1.64. The number of nitrogens with zero attached hydrogens (tertiary/aromatic N) is 1. The fourth-order valence-corrected chi connectivity index (χ4v) is 3.14. The van der Waals surface area contributed by atoms with Crippen molar-refractivity contribution in [1.82, 2.24) is 15.5 Å². The van der Waals surface area contributed by atoms with E-state index in [0.717, 1.165) is 43.6 Å². The van der Waals surface area contributed by atoms with Crippen LogP contribution >= 0.6 is 12.4 Å². The monoisotopic (exact) mass is 295 g/mol. The summed E-state index contributed by atoms with van der Waals surface area (Å²) in [6.45, 7) is 5.54. The molecule has 5 heteroatoms. The molecule has 1 aromatic carbocycles. The second-order valence-electron chi connectivity index (χ2n) is 5.63. The zero-order valence-corrected chi connectivity index (χ0v) is 12.4. The van der Waals surface area contributed by atoms with Gasteiger partial charge < -0.3 is 10.6 Å². The zero-order valence-electron chi connectivity index (χ0n) is 11.5. The van der Waals surface area contributed by atoms with Gasteiger partial charge in [-0.3, -0.25) is 9.69 Å². The van der Waals surface area contributed by atoms with Crippen molar-refractivity contribution in [3.8, 4) is 0 Å². The van der Waals surface area contributed by atoms with E-state index in [1.54, 1.807) is 0 Å². The molecule has 2 saturated heterocycles. The van der Waals surface area contributed by atoms with Crippen molar-refractivity contribution >= 4 is 18.3 Å². The van der Waals surface area contributed by atoms with Crippen molar-refractivity contribution in [2.45, 2.75) is 6.54 Å². The molecule has 1 aromatic rings. The molecule has 0 spiro atoms. The number of benzene rings is 1. The molecule has 2 aliphatic rings. The van der Waals surface area contributed by atoms with Gasteiger partial charge in [0.2, 0.25) is 5.91 Å². The average Bonchev–Trinajstić information content (AvgIpc) is 2.98. The van der Waals surface area contributed by atoms with E-state index >= 15 is 0 Å². The lowest BCUT2D eigenvalue weighted by atomic mass is 10.0. The molecule has 2 atom stereocenters. The Hall–Kier alpha value is -1.10. The van der Waals surface area contributed by atoms with Gasteiger partial charge in [-0.2, -0.15) is 0 Å². The van der Waals surface area contributed by atoms with Crippen LogP contribution in [0.5, 0.6) is 0 Å². The molecule has 2 N–H and O–H groups in total. The highest BCUT2D eigenvalue weighted by Gasteiger charge is 2.36. The summed E-state index contributed by atoms with van der Waals surface area (Å²) >= 11 is 0. The van der Waals surface area contributed by atoms with Crippen LogP contribution in [0.2, 0.25) is 0 Å². The van der Waals surface area contributed by atoms with E-state index in [9.17, 15) is 4.79 Å². The summed E-state index contributed by atoms with van der Waals surface area (Å²) in [5, 5.41) is 6.41. The second-order valence-corrected chi connectivity index (χ2v) is 5.63. The van der Waals surface area contributed by atoms with Crippen molar-refractivity contribution in [1.29, 1.82) is 0 Å². The van der Waals surface area contributed by atoms with Gasteiger partial charge in [0.25, 0.3) is 0 Å². The maximum atomic E-state index is 11.9. The van der Waals surface area contributed by atoms with Crippen LogP contribution in [0.1, 0.15) is 5.56 Å². The number of nitrogens with one attached hydrogen (secondary N) is 2. The highest BCUT2D eigenvalue weighted by Crippen LogP contribution is 2.25. The summed E-state index contributed by atoms with van der Waals surface area (Å²) in [7, 11) is 0. The molecule has 0 saturated carbocycles. The van der Waals surface area contributed by atoms with Crippen molar-refractivity contribution in [2.75, 3.05) is 32.7 Å². The van der Waals surface area contributed by atoms with Gasteiger partial charge in [0.1, 0.15) is 0 Å². The number of hydrogen-bond donors (Lipinski definition) is 2. The lowest BCUT2D eigenvalue weighted by molar-refractivity contribution is -0.122. The molecule has 3 rings (SSSR count). The number of fused-ring (bicyclic) bond motifs is 1. The molecule has 20 heavy (non-hydrogen) atoms. The largest absolute Gasteiger partial charge is 0.351 e. The average molecular weight is 296 g/mol. The minimum absolute atomic E-state index is 0. The van der Waals surface area contributed by atoms with Gasteiger partial charge in [0.05, 0.1) is 6.54 Å². The third-order valence-electron chi connectivity index (χ3n) is 4.16. The van der Waals surface area contributed by atoms with Gasteiger partial charge in [-0.05, 0) is 30.5 Å². The molecule has 2 heterocycles. The topological polar surface area (TPSA) is 44.4 Å². The van der Waals surface area contributed by atoms with Crippen LogP contribution in [0.3, 0.4) is 0 Å². The third kappa shape index (κ3) is 3.72. The first-order valence-corrected chi connectivity index (χ1v) is 7.05. The Kier molecular flexibility index (Phi) is 5.40. The maximum Gasteiger partial charge on any atom is 0.234 e. The number of likely N-dealkylation sites (tertiary alicyclic amines) is 1. The minimum atomic E-state index is 0. The highest BCUT2D eigenvalue weighted by atomic mass is 35.5. The van der Waals surface area contributed by atoms with Crippen LogP contribution in [-0.2, 0) is 11.3 Å². The minimum Gasteiger partial charge on any atom is -0.351 e. The summed E-state index contributed by atoms with van der Waals surface area (Å²) in [6, 6.07) is 10.0. The lowest BCUT2D eigenvalue weighted by Crippen LogP contribution is -2.37. The molecule has 4 nitrogen and oxygen atoms in total. The number of amides is 1. The number of hydrogen-bond acceptors (Lipinski definition) is 3. The molecule has 110 valence electrons. The number of rotatable bonds is 4. The van der Waals surface area contributed by atoms with Gasteiger partial charge in [0.15, 0.2) is 0 Å². The third-order valence-corrected chi connectivity index (χ3v) is 4.16. The zero-order chi connectivity index (χ0) is 13.1. The quantitative estimate of drug-likeness (QED) is 0.867. The van der Waals surface area contributed by atoms with Crippen molar-refractivity contribution in [3.05, 3.63) is 35.9 Å². The molecule has 2 aliphatic heterocycles. The SMILES string of the molecule is Cl.O=C(CN1C[C@H]2CNC[C@H]2C1)NCc1ccccc1. The number of halogens is 1. The van der Waals surface area contributed by atoms with E-state index in [4.69, 9.17) is 0 Å². The van der Waals surface area contributed by atoms with E-state index in [2.05, 4.69) is 15.5 Å². The first-order chi connectivity index (χ1) is 9.31. The smallest absolute Gasteiger partial charge is 0.234 e. The molecule has 0 aliphatic carbocycles. The Balaban J connectivity index is 0.00000147. The van der Waals surface area contributed by atoms with Crippen molar-refractivity contribution < 1.29 is 4.79 Å². The van der Waals surface area contributed by atoms with E-state index in [1.165, 1.54) is 0 Å². The van der Waals surface area contributed by atoms with Crippen LogP contribution in [-0.4, -0.2) is 43.5 Å². The standard InChI is InChI=1S/C15H21N3O.ClH/c19-15(17-6-12-4-2-1-3-5-12)11-18-9-13-7-16-8-14(13)10-18;/h1-5,13-14,16H,6-11H2,(H,17,19);1H/t13-,14+;. The van der Waals surface area contributed by atoms with Gasteiger partial charge in [0, 0.05) is 19.6 Å². The van der Waals surface area contributed by atoms with E-state index in [-0.39, 0.29) is 18.3 Å². The van der Waals surface area contributed by atoms with E-state index in [1.807, 2.05) is 30.3 Å². The highest BCUT2D eigenvalue weighted by molar-refractivity contribution is 5.85. The molecule has 0 radical (unpaired) electrons. The second kappa shape index (κ2) is 7.07. The molecule has 0 unspecified atom stereocenters. The maximum absolute atomic E-state index is 11.9. The van der Waals surface area contributed by atoms with Gasteiger partial charge in [-0.15, -0.1) is 12.4 Å². The van der Waals surface area contributed by atoms with Crippen LogP contribution in [0, 0.1) is 11.8 Å². The van der Waals surface area contributed by atoms with Crippen LogP contribution in [0.25, 0.3) is 0 Å². The molecule has 2 fully saturated rings. The first kappa shape index (κ1) is 15.3. The van der Waals surface area contributed by atoms with Crippen molar-refractivity contribution in [2.24, 2.45) is 11.8 Å². The van der Waals surface area contributed by atoms with Crippen LogP contribution in [0.4, 0.5) is 0 Å². The van der Waals surface area contributed by atoms with Crippen molar-refractivity contribution in [3.63, 3.8) is 0 Å².